The molecule has 6 heteroatoms. The lowest BCUT2D eigenvalue weighted by Crippen LogP contribution is -2.20. The minimum absolute atomic E-state index is 0.171. The highest BCUT2D eigenvalue weighted by atomic mass is 19.1. The summed E-state index contributed by atoms with van der Waals surface area (Å²) in [5.74, 6) is -0.544. The number of rotatable bonds is 6. The molecule has 0 aliphatic carbocycles. The fraction of sp³-hybridized carbons (Fsp3) is 0.0476. The Labute approximate surface area is 155 Å². The highest BCUT2D eigenvalue weighted by molar-refractivity contribution is 5.91. The van der Waals surface area contributed by atoms with Gasteiger partial charge in [0, 0.05) is 30.4 Å². The standard InChI is InChI=1S/C21H16F2N2O2/c22-17-6-1-4-15(12-17)9-10-20(26)25-14-16-5-3-11-24-21(16)27-19-8-2-7-18(23)13-19/h1-13H,14H2,(H,25,26)/b10-9+. The molecule has 27 heavy (non-hydrogen) atoms. The van der Waals surface area contributed by atoms with Crippen LogP contribution in [0.3, 0.4) is 0 Å². The molecule has 0 fully saturated rings. The topological polar surface area (TPSA) is 51.2 Å². The lowest BCUT2D eigenvalue weighted by atomic mass is 10.2. The normalized spacial score (nSPS) is 10.7. The predicted octanol–water partition coefficient (Wildman–Crippen LogP) is 4.48. The first-order chi connectivity index (χ1) is 13.1. The second kappa shape index (κ2) is 8.71. The van der Waals surface area contributed by atoms with Crippen molar-refractivity contribution in [2.24, 2.45) is 0 Å². The van der Waals surface area contributed by atoms with Gasteiger partial charge in [0.05, 0.1) is 0 Å². The van der Waals surface area contributed by atoms with Gasteiger partial charge in [-0.05, 0) is 42.0 Å². The molecule has 0 aliphatic rings. The molecule has 0 unspecified atom stereocenters. The van der Waals surface area contributed by atoms with Crippen LogP contribution < -0.4 is 10.1 Å². The summed E-state index contributed by atoms with van der Waals surface area (Å²) < 4.78 is 32.0. The van der Waals surface area contributed by atoms with Gasteiger partial charge in [0.1, 0.15) is 17.4 Å². The Morgan fingerprint density at radius 1 is 1.04 bits per heavy atom. The average Bonchev–Trinajstić information content (AvgIpc) is 2.66. The molecular weight excluding hydrogens is 350 g/mol. The molecule has 0 saturated heterocycles. The molecule has 1 N–H and O–H groups in total. The van der Waals surface area contributed by atoms with Gasteiger partial charge in [-0.15, -0.1) is 0 Å². The largest absolute Gasteiger partial charge is 0.439 e. The number of nitrogens with zero attached hydrogens (tertiary/aromatic N) is 1. The van der Waals surface area contributed by atoms with E-state index in [1.54, 1.807) is 36.5 Å². The number of carbonyl (C=O) groups is 1. The first kappa shape index (κ1) is 18.3. The van der Waals surface area contributed by atoms with E-state index < -0.39 is 5.82 Å². The van der Waals surface area contributed by atoms with E-state index in [1.807, 2.05) is 0 Å². The summed E-state index contributed by atoms with van der Waals surface area (Å²) >= 11 is 0. The van der Waals surface area contributed by atoms with Crippen molar-refractivity contribution in [3.8, 4) is 11.6 Å². The third kappa shape index (κ3) is 5.47. The van der Waals surface area contributed by atoms with Crippen molar-refractivity contribution >= 4 is 12.0 Å². The molecule has 0 spiro atoms. The number of amides is 1. The number of pyridine rings is 1. The molecule has 1 aromatic heterocycles. The van der Waals surface area contributed by atoms with Crippen molar-refractivity contribution < 1.29 is 18.3 Å². The van der Waals surface area contributed by atoms with E-state index in [-0.39, 0.29) is 24.1 Å². The maximum atomic E-state index is 13.3. The van der Waals surface area contributed by atoms with E-state index in [0.29, 0.717) is 16.9 Å². The van der Waals surface area contributed by atoms with Gasteiger partial charge in [0.25, 0.3) is 0 Å². The molecule has 0 aliphatic heterocycles. The third-order valence-electron chi connectivity index (χ3n) is 3.59. The highest BCUT2D eigenvalue weighted by Crippen LogP contribution is 2.23. The van der Waals surface area contributed by atoms with Crippen LogP contribution in [-0.2, 0) is 11.3 Å². The number of carbonyl (C=O) groups excluding carboxylic acids is 1. The number of hydrogen-bond acceptors (Lipinski definition) is 3. The third-order valence-corrected chi connectivity index (χ3v) is 3.59. The first-order valence-corrected chi connectivity index (χ1v) is 8.19. The van der Waals surface area contributed by atoms with Gasteiger partial charge in [-0.3, -0.25) is 4.79 Å². The van der Waals surface area contributed by atoms with Gasteiger partial charge in [-0.1, -0.05) is 24.3 Å². The van der Waals surface area contributed by atoms with E-state index in [0.717, 1.165) is 0 Å². The molecule has 1 heterocycles. The summed E-state index contributed by atoms with van der Waals surface area (Å²) in [4.78, 5) is 16.1. The quantitative estimate of drug-likeness (QED) is 0.655. The van der Waals surface area contributed by atoms with Crippen LogP contribution in [0.1, 0.15) is 11.1 Å². The Morgan fingerprint density at radius 3 is 2.59 bits per heavy atom. The summed E-state index contributed by atoms with van der Waals surface area (Å²) in [7, 11) is 0. The van der Waals surface area contributed by atoms with E-state index >= 15 is 0 Å². The van der Waals surface area contributed by atoms with Crippen LogP contribution in [0, 0.1) is 11.6 Å². The molecule has 0 saturated carbocycles. The maximum absolute atomic E-state index is 13.3. The van der Waals surface area contributed by atoms with Gasteiger partial charge in [0.15, 0.2) is 0 Å². The smallest absolute Gasteiger partial charge is 0.244 e. The van der Waals surface area contributed by atoms with Gasteiger partial charge in [0.2, 0.25) is 11.8 Å². The molecule has 0 bridgehead atoms. The van der Waals surface area contributed by atoms with E-state index in [9.17, 15) is 13.6 Å². The van der Waals surface area contributed by atoms with Crippen molar-refractivity contribution in [3.63, 3.8) is 0 Å². The van der Waals surface area contributed by atoms with Crippen LogP contribution in [0.25, 0.3) is 6.08 Å². The van der Waals surface area contributed by atoms with Crippen molar-refractivity contribution in [3.05, 3.63) is 95.7 Å². The lowest BCUT2D eigenvalue weighted by Gasteiger charge is -2.10. The first-order valence-electron chi connectivity index (χ1n) is 8.19. The molecule has 0 radical (unpaired) electrons. The molecule has 0 atom stereocenters. The van der Waals surface area contributed by atoms with Crippen molar-refractivity contribution in [1.29, 1.82) is 0 Å². The number of nitrogens with one attached hydrogen (secondary N) is 1. The van der Waals surface area contributed by atoms with Gasteiger partial charge < -0.3 is 10.1 Å². The molecule has 3 rings (SSSR count). The van der Waals surface area contributed by atoms with Crippen LogP contribution >= 0.6 is 0 Å². The SMILES string of the molecule is O=C(/C=C/c1cccc(F)c1)NCc1cccnc1Oc1cccc(F)c1. The summed E-state index contributed by atoms with van der Waals surface area (Å²) in [6.45, 7) is 0.171. The van der Waals surface area contributed by atoms with Crippen molar-refractivity contribution in [2.75, 3.05) is 0 Å². The van der Waals surface area contributed by atoms with Crippen molar-refractivity contribution in [2.45, 2.75) is 6.54 Å². The summed E-state index contributed by atoms with van der Waals surface area (Å²) in [5, 5.41) is 2.71. The second-order valence-electron chi connectivity index (χ2n) is 5.63. The molecule has 1 amide bonds. The minimum atomic E-state index is -0.416. The molecule has 2 aromatic carbocycles. The van der Waals surface area contributed by atoms with E-state index in [4.69, 9.17) is 4.74 Å². The Balaban J connectivity index is 1.63. The minimum Gasteiger partial charge on any atom is -0.439 e. The summed E-state index contributed by atoms with van der Waals surface area (Å²) in [6, 6.07) is 15.1. The molecule has 4 nitrogen and oxygen atoms in total. The van der Waals surface area contributed by atoms with Crippen LogP contribution in [-0.4, -0.2) is 10.9 Å². The predicted molar refractivity (Wildman–Crippen MR) is 98.0 cm³/mol. The number of ether oxygens (including phenoxy) is 1. The summed E-state index contributed by atoms with van der Waals surface area (Å²) in [6.07, 6.45) is 4.38. The zero-order chi connectivity index (χ0) is 19.1. The van der Waals surface area contributed by atoms with E-state index in [1.165, 1.54) is 42.5 Å². The fourth-order valence-electron chi connectivity index (χ4n) is 2.32. The molecule has 3 aromatic rings. The number of benzene rings is 2. The van der Waals surface area contributed by atoms with Crippen molar-refractivity contribution in [1.82, 2.24) is 10.3 Å². The lowest BCUT2D eigenvalue weighted by molar-refractivity contribution is -0.116. The van der Waals surface area contributed by atoms with Crippen LogP contribution in [0.4, 0.5) is 8.78 Å². The van der Waals surface area contributed by atoms with Crippen LogP contribution in [0.15, 0.2) is 72.9 Å². The monoisotopic (exact) mass is 366 g/mol. The summed E-state index contributed by atoms with van der Waals surface area (Å²) in [5.41, 5.74) is 1.22. The van der Waals surface area contributed by atoms with Gasteiger partial charge in [-0.2, -0.15) is 0 Å². The Kier molecular flexibility index (Phi) is 5.89. The number of hydrogen-bond donors (Lipinski definition) is 1. The zero-order valence-corrected chi connectivity index (χ0v) is 14.2. The van der Waals surface area contributed by atoms with E-state index in [2.05, 4.69) is 10.3 Å². The second-order valence-corrected chi connectivity index (χ2v) is 5.63. The fourth-order valence-corrected chi connectivity index (χ4v) is 2.32. The van der Waals surface area contributed by atoms with Gasteiger partial charge in [-0.25, -0.2) is 13.8 Å². The Hall–Kier alpha value is -3.54. The zero-order valence-electron chi connectivity index (χ0n) is 14.2. The number of halogens is 2. The Morgan fingerprint density at radius 2 is 1.81 bits per heavy atom. The number of aromatic nitrogens is 1. The molecular formula is C21H16F2N2O2. The van der Waals surface area contributed by atoms with Crippen LogP contribution in [0.5, 0.6) is 11.6 Å². The van der Waals surface area contributed by atoms with Gasteiger partial charge >= 0.3 is 0 Å². The Bertz CT molecular complexity index is 974. The highest BCUT2D eigenvalue weighted by Gasteiger charge is 2.08. The average molecular weight is 366 g/mol. The maximum Gasteiger partial charge on any atom is 0.244 e. The molecule has 136 valence electrons. The van der Waals surface area contributed by atoms with Crippen LogP contribution in [0.2, 0.25) is 0 Å².